The summed E-state index contributed by atoms with van der Waals surface area (Å²) in [7, 11) is -4.30. The van der Waals surface area contributed by atoms with Crippen LogP contribution in [0, 0.1) is 0 Å². The summed E-state index contributed by atoms with van der Waals surface area (Å²) in [6.45, 7) is -1.13. The average Bonchev–Trinajstić information content (AvgIpc) is 2.86. The van der Waals surface area contributed by atoms with Gasteiger partial charge in [0, 0.05) is 5.56 Å². The monoisotopic (exact) mass is 467 g/mol. The van der Waals surface area contributed by atoms with Crippen LogP contribution in [-0.4, -0.2) is 49.2 Å². The van der Waals surface area contributed by atoms with E-state index in [1.54, 1.807) is 6.07 Å². The fraction of sp³-hybridized carbons (Fsp3) is 0.250. The molecule has 4 rings (SSSR count). The minimum Gasteiger partial charge on any atom is -0.324 e. The number of carbonyl (C=O) groups is 3. The van der Waals surface area contributed by atoms with Crippen molar-refractivity contribution in [3.05, 3.63) is 59.7 Å². The van der Waals surface area contributed by atoms with Crippen molar-refractivity contribution in [3.63, 3.8) is 0 Å². The van der Waals surface area contributed by atoms with Crippen LogP contribution in [0.25, 0.3) is 0 Å². The largest absolute Gasteiger partial charge is 0.409 e. The van der Waals surface area contributed by atoms with Gasteiger partial charge in [-0.05, 0) is 23.8 Å². The lowest BCUT2D eigenvalue weighted by Crippen LogP contribution is -2.54. The van der Waals surface area contributed by atoms with E-state index in [2.05, 4.69) is 5.32 Å². The molecule has 1 unspecified atom stereocenters. The molecular formula is C20H16F3N3O5S. The lowest BCUT2D eigenvalue weighted by molar-refractivity contribution is -0.157. The molecule has 2 aliphatic heterocycles. The van der Waals surface area contributed by atoms with Crippen LogP contribution in [0.5, 0.6) is 0 Å². The minimum atomic E-state index is -4.98. The molecule has 2 heterocycles. The molecule has 8 nitrogen and oxygen atoms in total. The predicted octanol–water partition coefficient (Wildman–Crippen LogP) is 2.28. The van der Waals surface area contributed by atoms with E-state index < -0.39 is 58.7 Å². The highest BCUT2D eigenvalue weighted by Crippen LogP contribution is 2.38. The minimum absolute atomic E-state index is 0.0317. The Morgan fingerprint density at radius 1 is 1.06 bits per heavy atom. The molecule has 0 spiro atoms. The Balaban J connectivity index is 1.75. The molecule has 1 atom stereocenters. The number of fused-ring (bicyclic) bond motifs is 2. The van der Waals surface area contributed by atoms with Crippen molar-refractivity contribution in [2.45, 2.75) is 24.4 Å². The summed E-state index contributed by atoms with van der Waals surface area (Å²) in [5.41, 5.74) is 0.0172. The quantitative estimate of drug-likeness (QED) is 0.730. The smallest absolute Gasteiger partial charge is 0.324 e. The number of alkyl halides is 3. The predicted molar refractivity (Wildman–Crippen MR) is 107 cm³/mol. The number of sulfonamides is 1. The van der Waals surface area contributed by atoms with E-state index >= 15 is 0 Å². The van der Waals surface area contributed by atoms with Gasteiger partial charge in [-0.1, -0.05) is 30.3 Å². The molecule has 2 aliphatic rings. The number of anilines is 2. The summed E-state index contributed by atoms with van der Waals surface area (Å²) >= 11 is 0. The maximum atomic E-state index is 13.8. The molecule has 0 fully saturated rings. The van der Waals surface area contributed by atoms with E-state index in [0.29, 0.717) is 4.90 Å². The topological polar surface area (TPSA) is 104 Å². The molecule has 0 saturated carbocycles. The van der Waals surface area contributed by atoms with Crippen LogP contribution in [0.2, 0.25) is 0 Å². The molecule has 1 N–H and O–H groups in total. The van der Waals surface area contributed by atoms with Crippen LogP contribution < -0.4 is 10.2 Å². The van der Waals surface area contributed by atoms with Gasteiger partial charge in [0.15, 0.2) is 0 Å². The normalized spacial score (nSPS) is 20.2. The Hall–Kier alpha value is -3.41. The fourth-order valence-electron chi connectivity index (χ4n) is 3.75. The number of hydrogen-bond acceptors (Lipinski definition) is 5. The SMILES string of the molecule is O=C1CC(C(F)(F)F)N(C(=O)CN2C(=O)c3ccccc3CS2(=O)=O)c2ccccc2N1. The van der Waals surface area contributed by atoms with Gasteiger partial charge < -0.3 is 5.32 Å². The molecule has 0 bridgehead atoms. The third-order valence-electron chi connectivity index (χ3n) is 5.20. The molecule has 2 aromatic carbocycles. The van der Waals surface area contributed by atoms with Gasteiger partial charge in [-0.3, -0.25) is 19.3 Å². The molecule has 12 heteroatoms. The molecule has 2 aromatic rings. The summed E-state index contributed by atoms with van der Waals surface area (Å²) in [4.78, 5) is 38.3. The summed E-state index contributed by atoms with van der Waals surface area (Å²) < 4.78 is 67.1. The Morgan fingerprint density at radius 3 is 2.44 bits per heavy atom. The van der Waals surface area contributed by atoms with Crippen LogP contribution in [0.15, 0.2) is 48.5 Å². The highest BCUT2D eigenvalue weighted by atomic mass is 32.2. The highest BCUT2D eigenvalue weighted by molar-refractivity contribution is 7.89. The molecule has 0 aliphatic carbocycles. The number of benzene rings is 2. The summed E-state index contributed by atoms with van der Waals surface area (Å²) in [5, 5.41) is 2.32. The third kappa shape index (κ3) is 3.81. The number of carbonyl (C=O) groups excluding carboxylic acids is 3. The first-order chi connectivity index (χ1) is 15.0. The zero-order valence-corrected chi connectivity index (χ0v) is 17.1. The first kappa shape index (κ1) is 21.8. The van der Waals surface area contributed by atoms with E-state index in [4.69, 9.17) is 0 Å². The van der Waals surface area contributed by atoms with Gasteiger partial charge in [0.05, 0.1) is 23.5 Å². The molecule has 32 heavy (non-hydrogen) atoms. The number of nitrogens with one attached hydrogen (secondary N) is 1. The second-order valence-electron chi connectivity index (χ2n) is 7.32. The van der Waals surface area contributed by atoms with E-state index in [1.807, 2.05) is 0 Å². The van der Waals surface area contributed by atoms with E-state index in [1.165, 1.54) is 42.5 Å². The van der Waals surface area contributed by atoms with Gasteiger partial charge in [-0.15, -0.1) is 0 Å². The first-order valence-electron chi connectivity index (χ1n) is 9.39. The number of rotatable bonds is 2. The second-order valence-corrected chi connectivity index (χ2v) is 9.21. The maximum absolute atomic E-state index is 13.8. The standard InChI is InChI=1S/C20H16F3N3O5S/c21-20(22,23)16-9-17(27)24-14-7-3-4-8-15(14)26(16)18(28)10-25-19(29)13-6-2-1-5-12(13)11-32(25,30)31/h1-8,16H,9-11H2,(H,24,27). The van der Waals surface area contributed by atoms with Crippen molar-refractivity contribution in [2.24, 2.45) is 0 Å². The Morgan fingerprint density at radius 2 is 1.72 bits per heavy atom. The van der Waals surface area contributed by atoms with Crippen molar-refractivity contribution >= 4 is 39.1 Å². The lowest BCUT2D eigenvalue weighted by Gasteiger charge is -2.34. The van der Waals surface area contributed by atoms with Gasteiger partial charge in [0.25, 0.3) is 5.91 Å². The number of amides is 3. The molecule has 0 saturated heterocycles. The van der Waals surface area contributed by atoms with Crippen molar-refractivity contribution in [1.29, 1.82) is 0 Å². The van der Waals surface area contributed by atoms with E-state index in [9.17, 15) is 36.0 Å². The number of hydrogen-bond donors (Lipinski definition) is 1. The van der Waals surface area contributed by atoms with Gasteiger partial charge in [-0.25, -0.2) is 12.7 Å². The van der Waals surface area contributed by atoms with Gasteiger partial charge in [0.1, 0.15) is 12.6 Å². The highest BCUT2D eigenvalue weighted by Gasteiger charge is 2.50. The molecule has 168 valence electrons. The van der Waals surface area contributed by atoms with Crippen molar-refractivity contribution in [2.75, 3.05) is 16.8 Å². The second kappa shape index (κ2) is 7.62. The van der Waals surface area contributed by atoms with Gasteiger partial charge in [0.2, 0.25) is 21.8 Å². The summed E-state index contributed by atoms with van der Waals surface area (Å²) in [5.74, 6) is -3.80. The number of halogens is 3. The zero-order chi connectivity index (χ0) is 23.3. The van der Waals surface area contributed by atoms with Crippen LogP contribution in [0.1, 0.15) is 22.3 Å². The van der Waals surface area contributed by atoms with Crippen molar-refractivity contribution < 1.29 is 36.0 Å². The number of nitrogens with zero attached hydrogens (tertiary/aromatic N) is 2. The van der Waals surface area contributed by atoms with Crippen molar-refractivity contribution in [1.82, 2.24) is 4.31 Å². The first-order valence-corrected chi connectivity index (χ1v) is 11.0. The lowest BCUT2D eigenvalue weighted by atomic mass is 10.1. The fourth-order valence-corrected chi connectivity index (χ4v) is 5.21. The summed E-state index contributed by atoms with van der Waals surface area (Å²) in [6.07, 6.45) is -6.06. The Kier molecular flexibility index (Phi) is 5.19. The Labute approximate surface area is 180 Å². The molecule has 0 aromatic heterocycles. The molecule has 3 amide bonds. The Bertz CT molecular complexity index is 1230. The van der Waals surface area contributed by atoms with Crippen LogP contribution in [-0.2, 0) is 25.4 Å². The maximum Gasteiger partial charge on any atom is 0.409 e. The average molecular weight is 467 g/mol. The van der Waals surface area contributed by atoms with Crippen LogP contribution in [0.3, 0.4) is 0 Å². The van der Waals surface area contributed by atoms with Crippen molar-refractivity contribution in [3.8, 4) is 0 Å². The van der Waals surface area contributed by atoms with E-state index in [0.717, 1.165) is 0 Å². The van der Waals surface area contributed by atoms with Crippen LogP contribution >= 0.6 is 0 Å². The zero-order valence-electron chi connectivity index (χ0n) is 16.3. The molecular weight excluding hydrogens is 451 g/mol. The number of para-hydroxylation sites is 2. The molecule has 0 radical (unpaired) electrons. The van der Waals surface area contributed by atoms with Crippen LogP contribution in [0.4, 0.5) is 24.5 Å². The third-order valence-corrected chi connectivity index (χ3v) is 6.84. The van der Waals surface area contributed by atoms with Gasteiger partial charge >= 0.3 is 6.18 Å². The van der Waals surface area contributed by atoms with Gasteiger partial charge in [-0.2, -0.15) is 13.2 Å². The van der Waals surface area contributed by atoms with E-state index in [-0.39, 0.29) is 26.8 Å². The summed E-state index contributed by atoms with van der Waals surface area (Å²) in [6, 6.07) is 8.73.